The molecular weight excluding hydrogens is 220 g/mol. The van der Waals surface area contributed by atoms with Gasteiger partial charge in [-0.25, -0.2) is 4.98 Å². The lowest BCUT2D eigenvalue weighted by Crippen LogP contribution is -1.95. The summed E-state index contributed by atoms with van der Waals surface area (Å²) in [5.74, 6) is 0.942. The fourth-order valence-corrected chi connectivity index (χ4v) is 2.51. The van der Waals surface area contributed by atoms with E-state index in [0.717, 1.165) is 27.0 Å². The van der Waals surface area contributed by atoms with Crippen LogP contribution in [0.25, 0.3) is 16.2 Å². The second-order valence-electron chi connectivity index (χ2n) is 3.59. The summed E-state index contributed by atoms with van der Waals surface area (Å²) in [6.07, 6.45) is 0. The number of nitrogens with zero attached hydrogens (tertiary/aromatic N) is 4. The molecule has 0 atom stereocenters. The van der Waals surface area contributed by atoms with Crippen LogP contribution in [0, 0.1) is 13.8 Å². The van der Waals surface area contributed by atoms with Gasteiger partial charge in [0.15, 0.2) is 0 Å². The van der Waals surface area contributed by atoms with Gasteiger partial charge in [0, 0.05) is 0 Å². The van der Waals surface area contributed by atoms with Crippen molar-refractivity contribution in [3.05, 3.63) is 35.1 Å². The van der Waals surface area contributed by atoms with Crippen molar-refractivity contribution < 1.29 is 0 Å². The zero-order chi connectivity index (χ0) is 11.1. The van der Waals surface area contributed by atoms with Crippen molar-refractivity contribution in [1.82, 2.24) is 19.7 Å². The Hall–Kier alpha value is -1.75. The number of rotatable bonds is 1. The molecule has 0 N–H and O–H groups in total. The van der Waals surface area contributed by atoms with Crippen molar-refractivity contribution in [1.29, 1.82) is 0 Å². The van der Waals surface area contributed by atoms with Crippen LogP contribution in [-0.4, -0.2) is 19.7 Å². The lowest BCUT2D eigenvalue weighted by atomic mass is 10.3. The van der Waals surface area contributed by atoms with Gasteiger partial charge in [0.2, 0.25) is 5.13 Å². The van der Waals surface area contributed by atoms with Gasteiger partial charge in [-0.05, 0) is 26.0 Å². The number of imidazole rings is 1. The first-order valence-corrected chi connectivity index (χ1v) is 5.82. The molecule has 3 aromatic rings. The van der Waals surface area contributed by atoms with Crippen LogP contribution in [0.1, 0.15) is 10.8 Å². The maximum absolute atomic E-state index is 4.50. The maximum atomic E-state index is 4.50. The first kappa shape index (κ1) is 9.47. The molecule has 0 radical (unpaired) electrons. The fourth-order valence-electron chi connectivity index (χ4n) is 1.76. The fraction of sp³-hybridized carbons (Fsp3) is 0.182. The summed E-state index contributed by atoms with van der Waals surface area (Å²) in [5, 5.41) is 10.0. The Morgan fingerprint density at radius 1 is 1.12 bits per heavy atom. The van der Waals surface area contributed by atoms with Crippen LogP contribution in [-0.2, 0) is 0 Å². The van der Waals surface area contributed by atoms with E-state index in [1.165, 1.54) is 0 Å². The van der Waals surface area contributed by atoms with Gasteiger partial charge < -0.3 is 0 Å². The maximum Gasteiger partial charge on any atom is 0.218 e. The van der Waals surface area contributed by atoms with Gasteiger partial charge in [0.1, 0.15) is 10.8 Å². The van der Waals surface area contributed by atoms with Gasteiger partial charge in [-0.15, -0.1) is 10.2 Å². The minimum absolute atomic E-state index is 0.878. The molecule has 0 saturated carbocycles. The third-order valence-electron chi connectivity index (χ3n) is 2.44. The second-order valence-corrected chi connectivity index (χ2v) is 4.75. The predicted molar refractivity (Wildman–Crippen MR) is 64.0 cm³/mol. The Balaban J connectivity index is 2.34. The average Bonchev–Trinajstić information content (AvgIpc) is 2.80. The highest BCUT2D eigenvalue weighted by molar-refractivity contribution is 7.13. The average molecular weight is 230 g/mol. The third kappa shape index (κ3) is 1.32. The van der Waals surface area contributed by atoms with Crippen LogP contribution in [0.15, 0.2) is 24.3 Å². The van der Waals surface area contributed by atoms with Crippen molar-refractivity contribution in [2.75, 3.05) is 0 Å². The number of para-hydroxylation sites is 2. The number of hydrogen-bond donors (Lipinski definition) is 0. The van der Waals surface area contributed by atoms with Crippen molar-refractivity contribution in [2.24, 2.45) is 0 Å². The van der Waals surface area contributed by atoms with E-state index in [2.05, 4.69) is 15.2 Å². The van der Waals surface area contributed by atoms with Gasteiger partial charge in [-0.3, -0.25) is 4.57 Å². The largest absolute Gasteiger partial charge is 0.270 e. The number of hydrogen-bond acceptors (Lipinski definition) is 4. The zero-order valence-electron chi connectivity index (χ0n) is 9.01. The molecular formula is C11H10N4S. The first-order chi connectivity index (χ1) is 7.75. The molecule has 0 aliphatic carbocycles. The first-order valence-electron chi connectivity index (χ1n) is 5.00. The molecule has 5 heteroatoms. The van der Waals surface area contributed by atoms with Gasteiger partial charge in [0.05, 0.1) is 11.0 Å². The molecule has 0 aliphatic heterocycles. The van der Waals surface area contributed by atoms with Gasteiger partial charge in [0.25, 0.3) is 0 Å². The quantitative estimate of drug-likeness (QED) is 0.645. The van der Waals surface area contributed by atoms with Crippen LogP contribution in [0.4, 0.5) is 0 Å². The smallest absolute Gasteiger partial charge is 0.218 e. The molecule has 0 bridgehead atoms. The lowest BCUT2D eigenvalue weighted by Gasteiger charge is -1.99. The minimum Gasteiger partial charge on any atom is -0.270 e. The van der Waals surface area contributed by atoms with E-state index in [-0.39, 0.29) is 0 Å². The van der Waals surface area contributed by atoms with E-state index >= 15 is 0 Å². The van der Waals surface area contributed by atoms with E-state index in [9.17, 15) is 0 Å². The van der Waals surface area contributed by atoms with Crippen molar-refractivity contribution in [3.63, 3.8) is 0 Å². The Bertz CT molecular complexity index is 653. The molecule has 16 heavy (non-hydrogen) atoms. The second kappa shape index (κ2) is 3.38. The Kier molecular flexibility index (Phi) is 2.00. The Morgan fingerprint density at radius 2 is 1.94 bits per heavy atom. The van der Waals surface area contributed by atoms with Gasteiger partial charge in [-0.1, -0.05) is 23.5 Å². The summed E-state index contributed by atoms with van der Waals surface area (Å²) in [4.78, 5) is 4.50. The predicted octanol–water partition coefficient (Wildman–Crippen LogP) is 2.49. The molecule has 4 nitrogen and oxygen atoms in total. The van der Waals surface area contributed by atoms with E-state index in [0.29, 0.717) is 0 Å². The normalized spacial score (nSPS) is 11.1. The van der Waals surface area contributed by atoms with E-state index < -0.39 is 0 Å². The number of benzene rings is 1. The summed E-state index contributed by atoms with van der Waals surface area (Å²) in [7, 11) is 0. The van der Waals surface area contributed by atoms with Crippen molar-refractivity contribution >= 4 is 22.4 Å². The van der Waals surface area contributed by atoms with Crippen LogP contribution >= 0.6 is 11.3 Å². The molecule has 0 spiro atoms. The Labute approximate surface area is 96.6 Å². The van der Waals surface area contributed by atoms with Gasteiger partial charge in [-0.2, -0.15) is 0 Å². The number of aryl methyl sites for hydroxylation is 2. The van der Waals surface area contributed by atoms with Crippen molar-refractivity contribution in [3.8, 4) is 5.13 Å². The third-order valence-corrected chi connectivity index (χ3v) is 3.26. The summed E-state index contributed by atoms with van der Waals surface area (Å²) in [6, 6.07) is 8.05. The molecule has 3 rings (SSSR count). The molecule has 1 aromatic carbocycles. The summed E-state index contributed by atoms with van der Waals surface area (Å²) in [5.41, 5.74) is 2.07. The topological polar surface area (TPSA) is 43.6 Å². The molecule has 0 unspecified atom stereocenters. The van der Waals surface area contributed by atoms with Crippen LogP contribution in [0.2, 0.25) is 0 Å². The van der Waals surface area contributed by atoms with E-state index in [4.69, 9.17) is 0 Å². The highest BCUT2D eigenvalue weighted by Crippen LogP contribution is 2.22. The molecule has 0 amide bonds. The van der Waals surface area contributed by atoms with Crippen molar-refractivity contribution in [2.45, 2.75) is 13.8 Å². The molecule has 2 aromatic heterocycles. The molecule has 2 heterocycles. The molecule has 0 aliphatic rings. The van der Waals surface area contributed by atoms with E-state index in [1.807, 2.05) is 42.7 Å². The summed E-state index contributed by atoms with van der Waals surface area (Å²) in [6.45, 7) is 3.94. The lowest BCUT2D eigenvalue weighted by molar-refractivity contribution is 0.932. The monoisotopic (exact) mass is 230 g/mol. The van der Waals surface area contributed by atoms with E-state index in [1.54, 1.807) is 11.3 Å². The van der Waals surface area contributed by atoms with Crippen LogP contribution in [0.5, 0.6) is 0 Å². The zero-order valence-corrected chi connectivity index (χ0v) is 9.82. The highest BCUT2D eigenvalue weighted by Gasteiger charge is 2.11. The molecule has 0 saturated heterocycles. The van der Waals surface area contributed by atoms with Crippen LogP contribution < -0.4 is 0 Å². The van der Waals surface area contributed by atoms with Gasteiger partial charge >= 0.3 is 0 Å². The highest BCUT2D eigenvalue weighted by atomic mass is 32.1. The van der Waals surface area contributed by atoms with Crippen LogP contribution in [0.3, 0.4) is 0 Å². The molecule has 0 fully saturated rings. The standard InChI is InChI=1S/C11H10N4S/c1-7-12-9-5-3-4-6-10(9)15(7)11-14-13-8(2)16-11/h3-6H,1-2H3. The summed E-state index contributed by atoms with van der Waals surface area (Å²) >= 11 is 1.58. The summed E-state index contributed by atoms with van der Waals surface area (Å²) < 4.78 is 2.04. The Morgan fingerprint density at radius 3 is 2.69 bits per heavy atom. The number of fused-ring (bicyclic) bond motifs is 1. The number of aromatic nitrogens is 4. The SMILES string of the molecule is Cc1nnc(-n2c(C)nc3ccccc32)s1. The minimum atomic E-state index is 0.878. The molecule has 80 valence electrons.